The fourth-order valence-corrected chi connectivity index (χ4v) is 24.7. The molecule has 3 aliphatic rings. The Kier molecular flexibility index (Phi) is 10.7. The van der Waals surface area contributed by atoms with E-state index >= 15 is 0 Å². The molecule has 4 unspecified atom stereocenters. The predicted octanol–water partition coefficient (Wildman–Crippen LogP) is 12.8. The fraction of sp³-hybridized carbons (Fsp3) is 0.231. The summed E-state index contributed by atoms with van der Waals surface area (Å²) < 4.78 is 89.5. The molecule has 0 aromatic heterocycles. The van der Waals surface area contributed by atoms with Gasteiger partial charge in [0.15, 0.2) is 0 Å². The van der Waals surface area contributed by atoms with E-state index < -0.39 is 54.7 Å². The molecule has 0 saturated carbocycles. The molecule has 0 radical (unpaired) electrons. The van der Waals surface area contributed by atoms with E-state index in [9.17, 15) is 26.3 Å². The zero-order chi connectivity index (χ0) is 42.1. The van der Waals surface area contributed by atoms with Gasteiger partial charge in [-0.1, -0.05) is 0 Å². The van der Waals surface area contributed by atoms with Crippen molar-refractivity contribution >= 4 is 35.3 Å². The molecule has 0 amide bonds. The summed E-state index contributed by atoms with van der Waals surface area (Å²) in [6, 6.07) is 39.1. The molecular weight excluding hydrogens is 858 g/mol. The first-order valence-electron chi connectivity index (χ1n) is 20.9. The van der Waals surface area contributed by atoms with E-state index in [2.05, 4.69) is 94.4 Å². The predicted molar refractivity (Wildman–Crippen MR) is 233 cm³/mol. The Balaban J connectivity index is 1.34. The SMILES string of the molecule is CCC(C)C1=Cc2c(-c3ccccc3C(F)(F)F)cccc2[CH]1[Zr]([c]1cccc2c1[SiH2]c1ccccc1-2)[CH]1C(C(C)CC)=Cc2c(-c3ccccc3C(F)(F)F)cccc21. The second-order valence-corrected chi connectivity index (χ2v) is 24.8. The summed E-state index contributed by atoms with van der Waals surface area (Å²) in [6.45, 7) is 8.85. The first-order chi connectivity index (χ1) is 28.8. The summed E-state index contributed by atoms with van der Waals surface area (Å²) in [4.78, 5) is 0. The van der Waals surface area contributed by atoms with Gasteiger partial charge in [0.25, 0.3) is 0 Å². The van der Waals surface area contributed by atoms with Crippen LogP contribution in [0, 0.1) is 11.8 Å². The first kappa shape index (κ1) is 40.9. The molecule has 0 N–H and O–H groups in total. The van der Waals surface area contributed by atoms with Crippen LogP contribution in [0.5, 0.6) is 0 Å². The van der Waals surface area contributed by atoms with Crippen LogP contribution in [-0.4, -0.2) is 9.52 Å². The summed E-state index contributed by atoms with van der Waals surface area (Å²) in [6.07, 6.45) is -2.88. The van der Waals surface area contributed by atoms with Crippen molar-refractivity contribution in [3.05, 3.63) is 172 Å². The average molecular weight is 903 g/mol. The van der Waals surface area contributed by atoms with E-state index in [-0.39, 0.29) is 30.2 Å². The van der Waals surface area contributed by atoms with E-state index in [0.29, 0.717) is 11.1 Å². The van der Waals surface area contributed by atoms with Gasteiger partial charge in [-0.3, -0.25) is 0 Å². The Morgan fingerprint density at radius 3 is 1.40 bits per heavy atom. The molecule has 0 saturated heterocycles. The van der Waals surface area contributed by atoms with E-state index in [4.69, 9.17) is 0 Å². The minimum atomic E-state index is -4.53. The number of alkyl halides is 6. The van der Waals surface area contributed by atoms with Gasteiger partial charge in [0.05, 0.1) is 0 Å². The molecular formula is C52H45F6SiZr. The second-order valence-electron chi connectivity index (χ2n) is 16.6. The van der Waals surface area contributed by atoms with Crippen LogP contribution in [0.15, 0.2) is 139 Å². The monoisotopic (exact) mass is 901 g/mol. The summed E-state index contributed by atoms with van der Waals surface area (Å²) in [5, 5.41) is 2.87. The molecule has 8 heteroatoms. The topological polar surface area (TPSA) is 0 Å². The van der Waals surface area contributed by atoms with Crippen LogP contribution in [0.25, 0.3) is 45.5 Å². The molecule has 303 valence electrons. The number of hydrogen-bond acceptors (Lipinski definition) is 0. The third-order valence-electron chi connectivity index (χ3n) is 13.4. The third kappa shape index (κ3) is 6.86. The van der Waals surface area contributed by atoms with Gasteiger partial charge < -0.3 is 0 Å². The molecule has 4 atom stereocenters. The summed E-state index contributed by atoms with van der Waals surface area (Å²) >= 11 is -3.41. The normalized spacial score (nSPS) is 18.0. The van der Waals surface area contributed by atoms with Crippen LogP contribution in [0.1, 0.15) is 81.2 Å². The van der Waals surface area contributed by atoms with Crippen molar-refractivity contribution in [1.29, 1.82) is 0 Å². The quantitative estimate of drug-likeness (QED) is 0.100. The Labute approximate surface area is 358 Å². The number of rotatable bonds is 9. The maximum atomic E-state index is 14.7. The molecule has 0 nitrogen and oxygen atoms in total. The summed E-state index contributed by atoms with van der Waals surface area (Å²) in [7, 11) is -0.901. The Hall–Kier alpha value is -4.52. The Morgan fingerprint density at radius 1 is 0.500 bits per heavy atom. The first-order valence-corrected chi connectivity index (χ1v) is 26.4. The van der Waals surface area contributed by atoms with Gasteiger partial charge >= 0.3 is 361 Å². The molecule has 60 heavy (non-hydrogen) atoms. The molecule has 6 aromatic carbocycles. The van der Waals surface area contributed by atoms with Crippen LogP contribution in [0.4, 0.5) is 26.3 Å². The van der Waals surface area contributed by atoms with Crippen LogP contribution in [0.3, 0.4) is 0 Å². The Morgan fingerprint density at radius 2 is 0.917 bits per heavy atom. The molecule has 2 aliphatic carbocycles. The number of hydrogen-bond donors (Lipinski definition) is 0. The number of allylic oxidation sites excluding steroid dienone is 2. The van der Waals surface area contributed by atoms with Crippen molar-refractivity contribution in [3.8, 4) is 33.4 Å². The number of benzene rings is 6. The number of halogens is 6. The van der Waals surface area contributed by atoms with Crippen LogP contribution in [0.2, 0.25) is 0 Å². The zero-order valence-corrected chi connectivity index (χ0v) is 37.8. The molecule has 0 bridgehead atoms. The fourth-order valence-electron chi connectivity index (χ4n) is 10.2. The summed E-state index contributed by atoms with van der Waals surface area (Å²) in [5.41, 5.74) is 9.22. The third-order valence-corrected chi connectivity index (χ3v) is 25.3. The average Bonchev–Trinajstić information content (AvgIpc) is 3.95. The van der Waals surface area contributed by atoms with E-state index in [1.165, 1.54) is 60.2 Å². The molecule has 0 spiro atoms. The standard InChI is InChI=1S/2C20H18F3.C12H9Si.Zr/c2*1-3-13(2)15-11-14-7-6-9-16(18(14)12-15)17-8-4-5-10-19(17)20(21,22)23;1-3-7-11-9(5-1)10-6-2-4-8-12(10)13-11;/h2*4-13H,3H2,1-2H3;1-7H,13H2;. The van der Waals surface area contributed by atoms with Crippen molar-refractivity contribution in [2.45, 2.75) is 60.1 Å². The molecule has 1 heterocycles. The molecule has 9 rings (SSSR count). The molecule has 0 fully saturated rings. The molecule has 6 aromatic rings. The van der Waals surface area contributed by atoms with Gasteiger partial charge in [-0.2, -0.15) is 0 Å². The van der Waals surface area contributed by atoms with Crippen molar-refractivity contribution in [3.63, 3.8) is 0 Å². The van der Waals surface area contributed by atoms with Crippen molar-refractivity contribution < 1.29 is 48.1 Å². The van der Waals surface area contributed by atoms with E-state index in [1.54, 1.807) is 24.3 Å². The van der Waals surface area contributed by atoms with Gasteiger partial charge in [0.2, 0.25) is 0 Å². The van der Waals surface area contributed by atoms with Gasteiger partial charge in [-0.05, 0) is 0 Å². The van der Waals surface area contributed by atoms with E-state index in [1.807, 2.05) is 24.3 Å². The van der Waals surface area contributed by atoms with Gasteiger partial charge in [-0.25, -0.2) is 0 Å². The van der Waals surface area contributed by atoms with Gasteiger partial charge in [0, 0.05) is 0 Å². The van der Waals surface area contributed by atoms with Crippen LogP contribution >= 0.6 is 0 Å². The summed E-state index contributed by atoms with van der Waals surface area (Å²) in [5.74, 6) is 0.300. The minimum absolute atomic E-state index is 0.0194. The zero-order valence-electron chi connectivity index (χ0n) is 34.0. The van der Waals surface area contributed by atoms with Crippen LogP contribution in [-0.2, 0) is 34.1 Å². The maximum absolute atomic E-state index is 14.7. The van der Waals surface area contributed by atoms with Crippen LogP contribution < -0.4 is 13.6 Å². The van der Waals surface area contributed by atoms with E-state index in [0.717, 1.165) is 35.1 Å². The molecule has 1 aliphatic heterocycles. The van der Waals surface area contributed by atoms with Gasteiger partial charge in [-0.15, -0.1) is 0 Å². The van der Waals surface area contributed by atoms with Crippen molar-refractivity contribution in [2.24, 2.45) is 11.8 Å². The van der Waals surface area contributed by atoms with Gasteiger partial charge in [0.1, 0.15) is 0 Å². The second kappa shape index (κ2) is 15.7. The number of fused-ring (bicyclic) bond motifs is 5. The van der Waals surface area contributed by atoms with Crippen molar-refractivity contribution in [1.82, 2.24) is 0 Å². The Bertz CT molecular complexity index is 2570. The van der Waals surface area contributed by atoms with Crippen molar-refractivity contribution in [2.75, 3.05) is 0 Å².